The highest BCUT2D eigenvalue weighted by Crippen LogP contribution is 2.36. The first kappa shape index (κ1) is 24.8. The monoisotopic (exact) mass is 511 g/mol. The predicted molar refractivity (Wildman–Crippen MR) is 134 cm³/mol. The number of nitrogens with one attached hydrogen (secondary N) is 1. The highest BCUT2D eigenvalue weighted by atomic mass is 19.3. The topological polar surface area (TPSA) is 97.5 Å². The fraction of sp³-hybridized carbons (Fsp3) is 0.440. The van der Waals surface area contributed by atoms with Crippen LogP contribution in [0.15, 0.2) is 24.3 Å². The van der Waals surface area contributed by atoms with Crippen LogP contribution in [0.4, 0.5) is 24.8 Å². The second kappa shape index (κ2) is 9.91. The lowest BCUT2D eigenvalue weighted by molar-refractivity contribution is 0.146. The van der Waals surface area contributed by atoms with E-state index in [1.807, 2.05) is 19.9 Å². The molecular formula is C25H28F3N9. The third-order valence-electron chi connectivity index (χ3n) is 6.52. The molecule has 5 rings (SSSR count). The summed E-state index contributed by atoms with van der Waals surface area (Å²) in [4.78, 5) is 16.2. The number of benzene rings is 1. The highest BCUT2D eigenvalue weighted by molar-refractivity contribution is 5.93. The molecule has 1 aromatic carbocycles. The number of nitrogens with zero attached hydrogens (tertiary/aromatic N) is 8. The molecule has 0 bridgehead atoms. The fourth-order valence-corrected chi connectivity index (χ4v) is 4.67. The van der Waals surface area contributed by atoms with E-state index in [2.05, 4.69) is 35.7 Å². The maximum absolute atomic E-state index is 14.9. The van der Waals surface area contributed by atoms with Crippen LogP contribution in [0.1, 0.15) is 69.1 Å². The summed E-state index contributed by atoms with van der Waals surface area (Å²) in [5.74, 6) is 1.28. The van der Waals surface area contributed by atoms with Crippen LogP contribution in [0, 0.1) is 12.7 Å². The number of aromatic nitrogens is 7. The molecule has 0 spiro atoms. The number of alkyl halides is 2. The number of pyridine rings is 1. The molecule has 0 aliphatic carbocycles. The van der Waals surface area contributed by atoms with Crippen LogP contribution >= 0.6 is 0 Å². The van der Waals surface area contributed by atoms with Crippen LogP contribution in [-0.4, -0.2) is 48.2 Å². The van der Waals surface area contributed by atoms with E-state index >= 15 is 0 Å². The van der Waals surface area contributed by atoms with Crippen molar-refractivity contribution in [3.63, 3.8) is 0 Å². The zero-order chi connectivity index (χ0) is 26.3. The second-order valence-electron chi connectivity index (χ2n) is 9.50. The van der Waals surface area contributed by atoms with Crippen molar-refractivity contribution in [3.05, 3.63) is 47.0 Å². The first-order valence-corrected chi connectivity index (χ1v) is 12.3. The number of halogens is 3. The Bertz CT molecular complexity index is 1430. The second-order valence-corrected chi connectivity index (χ2v) is 9.50. The molecule has 1 aliphatic rings. The smallest absolute Gasteiger partial charge is 0.266 e. The Hall–Kier alpha value is -3.83. The Labute approximate surface area is 212 Å². The van der Waals surface area contributed by atoms with Gasteiger partial charge in [-0.3, -0.25) is 0 Å². The summed E-state index contributed by atoms with van der Waals surface area (Å²) in [5, 5.41) is 16.1. The van der Waals surface area contributed by atoms with Crippen molar-refractivity contribution in [3.8, 4) is 11.4 Å². The number of hydrogen-bond donors (Lipinski definition) is 1. The molecule has 0 unspecified atom stereocenters. The third-order valence-corrected chi connectivity index (χ3v) is 6.52. The van der Waals surface area contributed by atoms with Gasteiger partial charge in [0.2, 0.25) is 0 Å². The van der Waals surface area contributed by atoms with Crippen LogP contribution in [0.3, 0.4) is 0 Å². The maximum atomic E-state index is 14.9. The van der Waals surface area contributed by atoms with Crippen molar-refractivity contribution in [1.82, 2.24) is 35.2 Å². The number of hydrogen-bond acceptors (Lipinski definition) is 8. The molecule has 9 nitrogen and oxygen atoms in total. The van der Waals surface area contributed by atoms with Gasteiger partial charge in [-0.05, 0) is 57.0 Å². The summed E-state index contributed by atoms with van der Waals surface area (Å²) < 4.78 is 43.2. The lowest BCUT2D eigenvalue weighted by atomic mass is 10.0. The van der Waals surface area contributed by atoms with Gasteiger partial charge in [-0.25, -0.2) is 32.8 Å². The molecule has 1 saturated heterocycles. The van der Waals surface area contributed by atoms with Crippen molar-refractivity contribution >= 4 is 22.7 Å². The van der Waals surface area contributed by atoms with Gasteiger partial charge in [0.25, 0.3) is 6.43 Å². The van der Waals surface area contributed by atoms with Crippen molar-refractivity contribution in [2.45, 2.75) is 59.0 Å². The molecular weight excluding hydrogens is 483 g/mol. The summed E-state index contributed by atoms with van der Waals surface area (Å²) in [5.41, 5.74) is 0.697. The molecule has 0 amide bonds. The first-order chi connectivity index (χ1) is 17.7. The van der Waals surface area contributed by atoms with Gasteiger partial charge in [-0.2, -0.15) is 0 Å². The molecule has 1 N–H and O–H groups in total. The van der Waals surface area contributed by atoms with Crippen molar-refractivity contribution < 1.29 is 13.2 Å². The molecule has 194 valence electrons. The van der Waals surface area contributed by atoms with Crippen molar-refractivity contribution in [1.29, 1.82) is 0 Å². The van der Waals surface area contributed by atoms with Gasteiger partial charge in [0.15, 0.2) is 11.5 Å². The van der Waals surface area contributed by atoms with Crippen molar-refractivity contribution in [2.24, 2.45) is 0 Å². The largest absolute Gasteiger partial charge is 0.363 e. The van der Waals surface area contributed by atoms with Gasteiger partial charge in [0.05, 0.1) is 28.6 Å². The molecule has 0 saturated carbocycles. The molecule has 1 fully saturated rings. The minimum Gasteiger partial charge on any atom is -0.363 e. The number of aryl methyl sites for hydroxylation is 1. The van der Waals surface area contributed by atoms with Gasteiger partial charge in [-0.15, -0.1) is 5.10 Å². The lowest BCUT2D eigenvalue weighted by Gasteiger charge is -2.22. The minimum atomic E-state index is -2.91. The molecule has 3 aromatic heterocycles. The van der Waals surface area contributed by atoms with Crippen LogP contribution < -0.4 is 10.2 Å². The molecule has 12 heteroatoms. The highest BCUT2D eigenvalue weighted by Gasteiger charge is 2.26. The summed E-state index contributed by atoms with van der Waals surface area (Å²) >= 11 is 0. The van der Waals surface area contributed by atoms with Gasteiger partial charge < -0.3 is 10.2 Å². The zero-order valence-electron chi connectivity index (χ0n) is 21.1. The van der Waals surface area contributed by atoms with E-state index in [0.29, 0.717) is 28.5 Å². The number of tetrazole rings is 1. The number of fused-ring (bicyclic) bond motifs is 1. The SMILES string of the molecule is Cc1nc(N[C@H](C)c2cccc(C(F)F)c2F)c2cc(-c3nnnn3C(C)C)c(N3CCCC3)nc2n1. The quantitative estimate of drug-likeness (QED) is 0.351. The van der Waals surface area contributed by atoms with E-state index in [9.17, 15) is 13.2 Å². The molecule has 1 aliphatic heterocycles. The number of anilines is 2. The van der Waals surface area contributed by atoms with E-state index in [4.69, 9.17) is 4.98 Å². The first-order valence-electron chi connectivity index (χ1n) is 12.3. The summed E-state index contributed by atoms with van der Waals surface area (Å²) in [6.07, 6.45) is -0.785. The Kier molecular flexibility index (Phi) is 6.65. The Balaban J connectivity index is 1.64. The van der Waals surface area contributed by atoms with E-state index in [0.717, 1.165) is 43.4 Å². The third kappa shape index (κ3) is 4.67. The Morgan fingerprint density at radius 3 is 2.43 bits per heavy atom. The Morgan fingerprint density at radius 1 is 1.00 bits per heavy atom. The molecule has 1 atom stereocenters. The van der Waals surface area contributed by atoms with Gasteiger partial charge in [0.1, 0.15) is 23.3 Å². The minimum absolute atomic E-state index is 0.0177. The van der Waals surface area contributed by atoms with Gasteiger partial charge >= 0.3 is 0 Å². The lowest BCUT2D eigenvalue weighted by Crippen LogP contribution is -2.21. The standard InChI is InChI=1S/C25H28F3N9/c1-13(2)37-25(33-34-35-37)19-12-18-22(29-14(3)16-8-7-9-17(20(16)26)21(27)28)30-15(4)31-23(18)32-24(19)36-10-5-6-11-36/h7-9,12-14,21H,5-6,10-11H2,1-4H3,(H,29,30,31,32)/t14-/m1/s1. The van der Waals surface area contributed by atoms with Crippen LogP contribution in [0.25, 0.3) is 22.4 Å². The van der Waals surface area contributed by atoms with Crippen LogP contribution in [-0.2, 0) is 0 Å². The zero-order valence-corrected chi connectivity index (χ0v) is 21.1. The Morgan fingerprint density at radius 2 is 1.73 bits per heavy atom. The van der Waals surface area contributed by atoms with Crippen molar-refractivity contribution in [2.75, 3.05) is 23.3 Å². The summed E-state index contributed by atoms with van der Waals surface area (Å²) in [7, 11) is 0. The van der Waals surface area contributed by atoms with Gasteiger partial charge in [-0.1, -0.05) is 18.2 Å². The number of rotatable bonds is 7. The average molecular weight is 512 g/mol. The van der Waals surface area contributed by atoms with Crippen LogP contribution in [0.5, 0.6) is 0 Å². The van der Waals surface area contributed by atoms with E-state index in [-0.39, 0.29) is 11.6 Å². The molecule has 4 aromatic rings. The van der Waals surface area contributed by atoms with Gasteiger partial charge in [0, 0.05) is 18.7 Å². The van der Waals surface area contributed by atoms with E-state index in [1.54, 1.807) is 18.5 Å². The average Bonchev–Trinajstić information content (AvgIpc) is 3.55. The maximum Gasteiger partial charge on any atom is 0.266 e. The van der Waals surface area contributed by atoms with E-state index < -0.39 is 23.8 Å². The van der Waals surface area contributed by atoms with E-state index in [1.165, 1.54) is 12.1 Å². The predicted octanol–water partition coefficient (Wildman–Crippen LogP) is 5.42. The molecule has 37 heavy (non-hydrogen) atoms. The van der Waals surface area contributed by atoms with Crippen LogP contribution in [0.2, 0.25) is 0 Å². The fourth-order valence-electron chi connectivity index (χ4n) is 4.67. The molecule has 0 radical (unpaired) electrons. The summed E-state index contributed by atoms with van der Waals surface area (Å²) in [6, 6.07) is 5.27. The normalized spacial score (nSPS) is 14.8. The summed E-state index contributed by atoms with van der Waals surface area (Å²) in [6.45, 7) is 9.16. The molecule has 4 heterocycles.